The molecule has 1 saturated heterocycles. The van der Waals surface area contributed by atoms with Crippen LogP contribution in [0.5, 0.6) is 0 Å². The van der Waals surface area contributed by atoms with Gasteiger partial charge in [-0.05, 0) is 38.5 Å². The second-order valence-corrected chi connectivity index (χ2v) is 7.08. The number of nitrogens with zero attached hydrogens (tertiary/aromatic N) is 1. The van der Waals surface area contributed by atoms with Gasteiger partial charge in [0.15, 0.2) is 0 Å². The van der Waals surface area contributed by atoms with Crippen LogP contribution in [0.3, 0.4) is 0 Å². The fraction of sp³-hybridized carbons (Fsp3) is 1.00. The Balaban J connectivity index is 1.80. The van der Waals surface area contributed by atoms with E-state index >= 15 is 0 Å². The summed E-state index contributed by atoms with van der Waals surface area (Å²) in [5.74, 6) is 2.23. The van der Waals surface area contributed by atoms with Crippen molar-refractivity contribution in [2.45, 2.75) is 56.9 Å². The van der Waals surface area contributed by atoms with Crippen LogP contribution in [0.25, 0.3) is 0 Å². The molecule has 0 bridgehead atoms. The number of nitrogens with two attached hydrogens (primary N) is 1. The molecule has 0 radical (unpaired) electrons. The van der Waals surface area contributed by atoms with Crippen molar-refractivity contribution in [3.05, 3.63) is 0 Å². The Morgan fingerprint density at radius 2 is 1.88 bits per heavy atom. The molecule has 2 unspecified atom stereocenters. The van der Waals surface area contributed by atoms with Crippen LogP contribution in [0.2, 0.25) is 0 Å². The fourth-order valence-electron chi connectivity index (χ4n) is 2.96. The van der Waals surface area contributed by atoms with Crippen molar-refractivity contribution in [1.29, 1.82) is 0 Å². The van der Waals surface area contributed by atoms with Crippen molar-refractivity contribution in [2.75, 3.05) is 18.8 Å². The third kappa shape index (κ3) is 3.14. The number of rotatable bonds is 2. The minimum atomic E-state index is 0.490. The maximum atomic E-state index is 5.96. The Labute approximate surface area is 104 Å². The molecule has 94 valence electrons. The normalized spacial score (nSPS) is 42.2. The summed E-state index contributed by atoms with van der Waals surface area (Å²) in [6.45, 7) is 7.38. The van der Waals surface area contributed by atoms with Crippen LogP contribution in [-0.4, -0.2) is 41.1 Å². The summed E-state index contributed by atoms with van der Waals surface area (Å²) in [5, 5.41) is 0.805. The van der Waals surface area contributed by atoms with Crippen LogP contribution >= 0.6 is 11.8 Å². The molecule has 1 aliphatic heterocycles. The molecule has 0 spiro atoms. The van der Waals surface area contributed by atoms with Gasteiger partial charge in [-0.25, -0.2) is 0 Å². The summed E-state index contributed by atoms with van der Waals surface area (Å²) in [6, 6.07) is 1.25. The van der Waals surface area contributed by atoms with E-state index in [1.165, 1.54) is 44.5 Å². The Hall–Kier alpha value is 0.270. The van der Waals surface area contributed by atoms with Gasteiger partial charge in [0, 0.05) is 36.2 Å². The van der Waals surface area contributed by atoms with E-state index < -0.39 is 0 Å². The van der Waals surface area contributed by atoms with Crippen molar-refractivity contribution in [2.24, 2.45) is 11.7 Å². The SMILES string of the molecule is CC1SCCN(CC2CCC(N)CC2)C1C. The monoisotopic (exact) mass is 242 g/mol. The van der Waals surface area contributed by atoms with E-state index in [1.807, 2.05) is 0 Å². The average Bonchev–Trinajstić information content (AvgIpc) is 2.28. The number of hydrogen-bond donors (Lipinski definition) is 1. The molecule has 0 aromatic carbocycles. The van der Waals surface area contributed by atoms with Crippen molar-refractivity contribution in [3.8, 4) is 0 Å². The molecule has 2 nitrogen and oxygen atoms in total. The lowest BCUT2D eigenvalue weighted by Gasteiger charge is -2.40. The van der Waals surface area contributed by atoms with Crippen LogP contribution < -0.4 is 5.73 Å². The van der Waals surface area contributed by atoms with E-state index in [0.29, 0.717) is 6.04 Å². The van der Waals surface area contributed by atoms with Gasteiger partial charge < -0.3 is 5.73 Å². The highest BCUT2D eigenvalue weighted by Gasteiger charge is 2.28. The van der Waals surface area contributed by atoms with Gasteiger partial charge in [-0.1, -0.05) is 6.92 Å². The molecule has 16 heavy (non-hydrogen) atoms. The van der Waals surface area contributed by atoms with E-state index in [0.717, 1.165) is 17.2 Å². The van der Waals surface area contributed by atoms with E-state index in [1.54, 1.807) is 0 Å². The molecule has 1 aliphatic carbocycles. The molecule has 2 N–H and O–H groups in total. The summed E-state index contributed by atoms with van der Waals surface area (Å²) in [5.41, 5.74) is 5.96. The molecule has 0 aromatic rings. The average molecular weight is 242 g/mol. The Bertz CT molecular complexity index is 214. The van der Waals surface area contributed by atoms with Crippen LogP contribution in [0.1, 0.15) is 39.5 Å². The molecule has 1 saturated carbocycles. The molecule has 2 rings (SSSR count). The van der Waals surface area contributed by atoms with Crippen LogP contribution in [0.4, 0.5) is 0 Å². The molecule has 2 fully saturated rings. The molecular weight excluding hydrogens is 216 g/mol. The lowest BCUT2D eigenvalue weighted by atomic mass is 9.86. The van der Waals surface area contributed by atoms with Gasteiger partial charge >= 0.3 is 0 Å². The van der Waals surface area contributed by atoms with Gasteiger partial charge in [-0.3, -0.25) is 4.90 Å². The van der Waals surface area contributed by atoms with Gasteiger partial charge in [0.25, 0.3) is 0 Å². The second-order valence-electron chi connectivity index (χ2n) is 5.59. The molecular formula is C13H26N2S. The predicted octanol–water partition coefficient (Wildman–Crippen LogP) is 2.33. The largest absolute Gasteiger partial charge is 0.328 e. The summed E-state index contributed by atoms with van der Waals surface area (Å²) in [7, 11) is 0. The third-order valence-corrected chi connectivity index (χ3v) is 5.74. The highest BCUT2D eigenvalue weighted by molar-refractivity contribution is 8.00. The Morgan fingerprint density at radius 1 is 1.19 bits per heavy atom. The van der Waals surface area contributed by atoms with Crippen molar-refractivity contribution in [3.63, 3.8) is 0 Å². The van der Waals surface area contributed by atoms with Gasteiger partial charge in [0.05, 0.1) is 0 Å². The van der Waals surface area contributed by atoms with Crippen molar-refractivity contribution in [1.82, 2.24) is 4.90 Å². The Kier molecular flexibility index (Phi) is 4.57. The zero-order chi connectivity index (χ0) is 11.5. The van der Waals surface area contributed by atoms with Gasteiger partial charge in [0.2, 0.25) is 0 Å². The Morgan fingerprint density at radius 3 is 2.56 bits per heavy atom. The number of thioether (sulfide) groups is 1. The quantitative estimate of drug-likeness (QED) is 0.806. The molecule has 0 aromatic heterocycles. The van der Waals surface area contributed by atoms with Crippen LogP contribution in [0, 0.1) is 5.92 Å². The van der Waals surface area contributed by atoms with E-state index in [-0.39, 0.29) is 0 Å². The van der Waals surface area contributed by atoms with E-state index in [2.05, 4.69) is 30.5 Å². The van der Waals surface area contributed by atoms with Crippen LogP contribution in [0.15, 0.2) is 0 Å². The van der Waals surface area contributed by atoms with E-state index in [9.17, 15) is 0 Å². The topological polar surface area (TPSA) is 29.3 Å². The van der Waals surface area contributed by atoms with Gasteiger partial charge in [0.1, 0.15) is 0 Å². The molecule has 2 atom stereocenters. The standard InChI is InChI=1S/C13H26N2S/c1-10-11(2)16-8-7-15(10)9-12-3-5-13(14)6-4-12/h10-13H,3-9,14H2,1-2H3. The molecule has 1 heterocycles. The first-order chi connectivity index (χ1) is 7.66. The summed E-state index contributed by atoms with van der Waals surface area (Å²) in [4.78, 5) is 2.71. The molecule has 3 heteroatoms. The highest BCUT2D eigenvalue weighted by Crippen LogP contribution is 2.29. The van der Waals surface area contributed by atoms with Crippen molar-refractivity contribution >= 4 is 11.8 Å². The van der Waals surface area contributed by atoms with E-state index in [4.69, 9.17) is 5.73 Å². The lowest BCUT2D eigenvalue weighted by Crippen LogP contribution is -2.47. The number of hydrogen-bond acceptors (Lipinski definition) is 3. The highest BCUT2D eigenvalue weighted by atomic mass is 32.2. The summed E-state index contributed by atoms with van der Waals surface area (Å²) < 4.78 is 0. The summed E-state index contributed by atoms with van der Waals surface area (Å²) in [6.07, 6.45) is 5.20. The zero-order valence-electron chi connectivity index (χ0n) is 10.7. The third-order valence-electron chi connectivity index (χ3n) is 4.40. The maximum absolute atomic E-state index is 5.96. The zero-order valence-corrected chi connectivity index (χ0v) is 11.5. The first-order valence-corrected chi connectivity index (χ1v) is 7.83. The molecule has 0 amide bonds. The van der Waals surface area contributed by atoms with Gasteiger partial charge in [-0.2, -0.15) is 11.8 Å². The van der Waals surface area contributed by atoms with Crippen LogP contribution in [-0.2, 0) is 0 Å². The molecule has 2 aliphatic rings. The maximum Gasteiger partial charge on any atom is 0.0184 e. The fourth-order valence-corrected chi connectivity index (χ4v) is 4.12. The van der Waals surface area contributed by atoms with Gasteiger partial charge in [-0.15, -0.1) is 0 Å². The lowest BCUT2D eigenvalue weighted by molar-refractivity contribution is 0.156. The minimum Gasteiger partial charge on any atom is -0.328 e. The minimum absolute atomic E-state index is 0.490. The second kappa shape index (κ2) is 5.74. The first-order valence-electron chi connectivity index (χ1n) is 6.78. The van der Waals surface area contributed by atoms with Crippen molar-refractivity contribution < 1.29 is 0 Å². The smallest absolute Gasteiger partial charge is 0.0184 e. The first kappa shape index (κ1) is 12.7. The predicted molar refractivity (Wildman–Crippen MR) is 72.9 cm³/mol. The summed E-state index contributed by atoms with van der Waals surface area (Å²) >= 11 is 2.13.